The SMILES string of the molecule is COc1cncc(C(=O)C2CC3CCC(C2)N3C(=O)OCC2c3ccccc3-c3ccccc32)c1. The number of methoxy groups -OCH3 is 1. The molecule has 3 heterocycles. The number of ether oxygens (including phenoxy) is 2. The van der Waals surface area contributed by atoms with Crippen molar-refractivity contribution in [2.75, 3.05) is 13.7 Å². The largest absolute Gasteiger partial charge is 0.495 e. The van der Waals surface area contributed by atoms with Crippen LogP contribution in [0.3, 0.4) is 0 Å². The number of carbonyl (C=O) groups is 2. The van der Waals surface area contributed by atoms with Crippen molar-refractivity contribution in [3.63, 3.8) is 0 Å². The monoisotopic (exact) mass is 468 g/mol. The lowest BCUT2D eigenvalue weighted by Gasteiger charge is -2.37. The molecule has 178 valence electrons. The van der Waals surface area contributed by atoms with Crippen LogP contribution in [0.4, 0.5) is 4.79 Å². The number of carbonyl (C=O) groups excluding carboxylic acids is 2. The minimum atomic E-state index is -0.256. The molecule has 1 amide bonds. The third-order valence-electron chi connectivity index (χ3n) is 7.88. The molecule has 2 aromatic carbocycles. The van der Waals surface area contributed by atoms with Crippen LogP contribution in [0.15, 0.2) is 67.0 Å². The molecule has 2 fully saturated rings. The number of benzene rings is 2. The molecule has 0 radical (unpaired) electrons. The smallest absolute Gasteiger partial charge is 0.410 e. The van der Waals surface area contributed by atoms with Crippen LogP contribution in [-0.2, 0) is 4.74 Å². The van der Waals surface area contributed by atoms with Gasteiger partial charge in [-0.3, -0.25) is 9.78 Å². The van der Waals surface area contributed by atoms with Crippen LogP contribution in [0.1, 0.15) is 53.1 Å². The maximum Gasteiger partial charge on any atom is 0.410 e. The van der Waals surface area contributed by atoms with Crippen LogP contribution in [0.5, 0.6) is 5.75 Å². The quantitative estimate of drug-likeness (QED) is 0.465. The molecule has 0 saturated carbocycles. The first kappa shape index (κ1) is 21.8. The molecule has 3 aliphatic rings. The van der Waals surface area contributed by atoms with Gasteiger partial charge in [-0.25, -0.2) is 4.79 Å². The first-order valence-electron chi connectivity index (χ1n) is 12.3. The molecule has 6 nitrogen and oxygen atoms in total. The van der Waals surface area contributed by atoms with Crippen LogP contribution in [0.25, 0.3) is 11.1 Å². The Bertz CT molecular complexity index is 1230. The molecule has 0 N–H and O–H groups in total. The zero-order valence-corrected chi connectivity index (χ0v) is 19.7. The highest BCUT2D eigenvalue weighted by Gasteiger charge is 2.46. The summed E-state index contributed by atoms with van der Waals surface area (Å²) in [5.74, 6) is 0.595. The van der Waals surface area contributed by atoms with Crippen LogP contribution in [0, 0.1) is 5.92 Å². The van der Waals surface area contributed by atoms with E-state index < -0.39 is 0 Å². The second-order valence-electron chi connectivity index (χ2n) is 9.74. The van der Waals surface area contributed by atoms with Crippen molar-refractivity contribution in [1.29, 1.82) is 0 Å². The lowest BCUT2D eigenvalue weighted by molar-refractivity contribution is 0.0506. The van der Waals surface area contributed by atoms with Crippen LogP contribution in [0.2, 0.25) is 0 Å². The summed E-state index contributed by atoms with van der Waals surface area (Å²) in [6.45, 7) is 0.320. The number of Topliss-reactive ketones (excluding diaryl/α,β-unsaturated/α-hetero) is 1. The molecule has 2 unspecified atom stereocenters. The van der Waals surface area contributed by atoms with Gasteiger partial charge in [0.2, 0.25) is 0 Å². The van der Waals surface area contributed by atoms with E-state index in [-0.39, 0.29) is 35.8 Å². The fraction of sp³-hybridized carbons (Fsp3) is 0.345. The Kier molecular flexibility index (Phi) is 5.51. The van der Waals surface area contributed by atoms with Gasteiger partial charge in [-0.05, 0) is 54.0 Å². The van der Waals surface area contributed by atoms with Gasteiger partial charge in [0.05, 0.1) is 13.3 Å². The number of pyridine rings is 1. The molecule has 3 aromatic rings. The molecule has 0 spiro atoms. The maximum atomic E-state index is 13.3. The fourth-order valence-electron chi connectivity index (χ4n) is 6.26. The summed E-state index contributed by atoms with van der Waals surface area (Å²) in [5.41, 5.74) is 5.43. The van der Waals surface area contributed by atoms with E-state index in [2.05, 4.69) is 41.4 Å². The van der Waals surface area contributed by atoms with E-state index >= 15 is 0 Å². The lowest BCUT2D eigenvalue weighted by atomic mass is 9.85. The van der Waals surface area contributed by atoms with E-state index in [0.29, 0.717) is 30.8 Å². The van der Waals surface area contributed by atoms with Gasteiger partial charge in [-0.2, -0.15) is 0 Å². The normalized spacial score (nSPS) is 22.4. The number of aromatic nitrogens is 1. The Morgan fingerprint density at radius 2 is 1.57 bits per heavy atom. The van der Waals surface area contributed by atoms with Crippen molar-refractivity contribution in [1.82, 2.24) is 9.88 Å². The molecule has 1 aliphatic carbocycles. The second-order valence-corrected chi connectivity index (χ2v) is 9.74. The standard InChI is InChI=1S/C29H28N2O4/c1-34-22-14-19(15-30-16-22)28(32)18-12-20-10-11-21(13-18)31(20)29(33)35-17-27-25-8-4-2-6-23(25)24-7-3-5-9-26(24)27/h2-9,14-16,18,20-21,27H,10-13,17H2,1H3. The first-order chi connectivity index (χ1) is 17.1. The molecule has 2 aliphatic heterocycles. The predicted molar refractivity (Wildman–Crippen MR) is 132 cm³/mol. The van der Waals surface area contributed by atoms with E-state index in [4.69, 9.17) is 9.47 Å². The third kappa shape index (κ3) is 3.77. The average Bonchev–Trinajstić information content (AvgIpc) is 3.37. The highest BCUT2D eigenvalue weighted by Crippen LogP contribution is 2.45. The van der Waals surface area contributed by atoms with E-state index in [1.165, 1.54) is 22.3 Å². The fourth-order valence-corrected chi connectivity index (χ4v) is 6.26. The Morgan fingerprint density at radius 3 is 2.20 bits per heavy atom. The second kappa shape index (κ2) is 8.84. The van der Waals surface area contributed by atoms with E-state index in [1.54, 1.807) is 25.6 Å². The summed E-state index contributed by atoms with van der Waals surface area (Å²) in [6, 6.07) is 18.5. The third-order valence-corrected chi connectivity index (χ3v) is 7.88. The van der Waals surface area contributed by atoms with E-state index in [9.17, 15) is 9.59 Å². The minimum absolute atomic E-state index is 0.0388. The molecular weight excluding hydrogens is 440 g/mol. The van der Waals surface area contributed by atoms with Crippen molar-refractivity contribution in [2.45, 2.75) is 43.7 Å². The predicted octanol–water partition coefficient (Wildman–Crippen LogP) is 5.47. The van der Waals surface area contributed by atoms with Crippen molar-refractivity contribution in [3.8, 4) is 16.9 Å². The summed E-state index contributed by atoms with van der Waals surface area (Å²) >= 11 is 0. The van der Waals surface area contributed by atoms with Gasteiger partial charge in [-0.15, -0.1) is 0 Å². The topological polar surface area (TPSA) is 68.7 Å². The van der Waals surface area contributed by atoms with Crippen molar-refractivity contribution in [2.24, 2.45) is 5.92 Å². The van der Waals surface area contributed by atoms with Crippen molar-refractivity contribution < 1.29 is 19.1 Å². The van der Waals surface area contributed by atoms with Crippen molar-refractivity contribution in [3.05, 3.63) is 83.7 Å². The van der Waals surface area contributed by atoms with Crippen LogP contribution < -0.4 is 4.74 Å². The molecule has 2 atom stereocenters. The van der Waals surface area contributed by atoms with E-state index in [0.717, 1.165) is 12.8 Å². The Hall–Kier alpha value is -3.67. The number of piperidine rings is 1. The van der Waals surface area contributed by atoms with Crippen LogP contribution >= 0.6 is 0 Å². The zero-order chi connectivity index (χ0) is 23.9. The summed E-state index contributed by atoms with van der Waals surface area (Å²) in [7, 11) is 1.57. The summed E-state index contributed by atoms with van der Waals surface area (Å²) < 4.78 is 11.2. The van der Waals surface area contributed by atoms with Gasteiger partial charge >= 0.3 is 6.09 Å². The van der Waals surface area contributed by atoms with Crippen LogP contribution in [-0.4, -0.2) is 47.6 Å². The van der Waals surface area contributed by atoms with E-state index in [1.807, 2.05) is 17.0 Å². The number of amides is 1. The molecule has 2 bridgehead atoms. The summed E-state index contributed by atoms with van der Waals surface area (Å²) in [6.07, 6.45) is 6.09. The summed E-state index contributed by atoms with van der Waals surface area (Å²) in [4.78, 5) is 32.5. The summed E-state index contributed by atoms with van der Waals surface area (Å²) in [5, 5.41) is 0. The Labute approximate surface area is 204 Å². The maximum absolute atomic E-state index is 13.3. The minimum Gasteiger partial charge on any atom is -0.495 e. The van der Waals surface area contributed by atoms with Gasteiger partial charge < -0.3 is 14.4 Å². The molecule has 6 rings (SSSR count). The highest BCUT2D eigenvalue weighted by atomic mass is 16.6. The zero-order valence-electron chi connectivity index (χ0n) is 19.7. The number of fused-ring (bicyclic) bond motifs is 5. The molecule has 1 aromatic heterocycles. The number of rotatable bonds is 5. The van der Waals surface area contributed by atoms with Gasteiger partial charge in [0.15, 0.2) is 5.78 Å². The van der Waals surface area contributed by atoms with Gasteiger partial charge in [0.25, 0.3) is 0 Å². The number of nitrogens with zero attached hydrogens (tertiary/aromatic N) is 2. The molecule has 35 heavy (non-hydrogen) atoms. The Balaban J connectivity index is 1.14. The van der Waals surface area contributed by atoms with Gasteiger partial charge in [0.1, 0.15) is 12.4 Å². The first-order valence-corrected chi connectivity index (χ1v) is 12.3. The molecular formula is C29H28N2O4. The lowest BCUT2D eigenvalue weighted by Crippen LogP contribution is -2.48. The number of ketones is 1. The molecule has 6 heteroatoms. The van der Waals surface area contributed by atoms with Crippen molar-refractivity contribution >= 4 is 11.9 Å². The number of hydrogen-bond donors (Lipinski definition) is 0. The van der Waals surface area contributed by atoms with Gasteiger partial charge in [0, 0.05) is 35.7 Å². The highest BCUT2D eigenvalue weighted by molar-refractivity contribution is 5.98. The number of hydrogen-bond acceptors (Lipinski definition) is 5. The molecule has 2 saturated heterocycles. The average molecular weight is 469 g/mol. The Morgan fingerprint density at radius 1 is 0.943 bits per heavy atom. The van der Waals surface area contributed by atoms with Gasteiger partial charge in [-0.1, -0.05) is 48.5 Å².